The molecule has 0 bridgehead atoms. The van der Waals surface area contributed by atoms with E-state index in [1.165, 1.54) is 6.20 Å². The lowest BCUT2D eigenvalue weighted by atomic mass is 10.2. The van der Waals surface area contributed by atoms with Gasteiger partial charge < -0.3 is 10.5 Å². The lowest BCUT2D eigenvalue weighted by molar-refractivity contribution is 0.0697. The van der Waals surface area contributed by atoms with E-state index in [0.29, 0.717) is 23.3 Å². The molecule has 2 heterocycles. The van der Waals surface area contributed by atoms with Gasteiger partial charge in [0, 0.05) is 12.7 Å². The number of nitrogens with zero attached hydrogens (tertiary/aromatic N) is 3. The Hall–Kier alpha value is -2.15. The number of carboxylic acid groups (broad SMARTS) is 1. The summed E-state index contributed by atoms with van der Waals surface area (Å²) in [6, 6.07) is 0. The first-order chi connectivity index (χ1) is 7.69. The fraction of sp³-hybridized carbons (Fsp3) is 0.222. The van der Waals surface area contributed by atoms with E-state index in [-0.39, 0.29) is 5.56 Å². The van der Waals surface area contributed by atoms with Crippen molar-refractivity contribution >= 4 is 22.7 Å². The molecule has 7 heteroatoms. The van der Waals surface area contributed by atoms with Crippen LogP contribution in [-0.4, -0.2) is 25.8 Å². The highest BCUT2D eigenvalue weighted by molar-refractivity contribution is 6.03. The normalized spacial score (nSPS) is 10.6. The summed E-state index contributed by atoms with van der Waals surface area (Å²) < 4.78 is 1.67. The molecule has 0 atom stereocenters. The van der Waals surface area contributed by atoms with E-state index >= 15 is 0 Å². The predicted octanol–water partition coefficient (Wildman–Crippen LogP) is 0.435. The van der Waals surface area contributed by atoms with Crippen LogP contribution in [0.25, 0.3) is 11.0 Å². The number of carboxylic acids is 1. The first-order valence-corrected chi connectivity index (χ1v) is 4.73. The molecule has 0 aliphatic carbocycles. The van der Waals surface area contributed by atoms with E-state index < -0.39 is 5.97 Å². The maximum Gasteiger partial charge on any atom is 0.339 e. The average Bonchev–Trinajstić information content (AvgIpc) is 2.70. The smallest absolute Gasteiger partial charge is 0.339 e. The van der Waals surface area contributed by atoms with Gasteiger partial charge in [-0.3, -0.25) is 5.84 Å². The lowest BCUT2D eigenvalue weighted by Gasteiger charge is -2.06. The van der Waals surface area contributed by atoms with Crippen LogP contribution in [0.2, 0.25) is 0 Å². The summed E-state index contributed by atoms with van der Waals surface area (Å²) in [5, 5.41) is 13.6. The molecule has 4 N–H and O–H groups in total. The summed E-state index contributed by atoms with van der Waals surface area (Å²) in [7, 11) is 0. The van der Waals surface area contributed by atoms with Crippen LogP contribution in [0.15, 0.2) is 12.4 Å². The van der Waals surface area contributed by atoms with Crippen molar-refractivity contribution < 1.29 is 9.90 Å². The maximum absolute atomic E-state index is 10.9. The molecular formula is C9H11N5O2. The minimum absolute atomic E-state index is 0.0330. The van der Waals surface area contributed by atoms with Gasteiger partial charge in [0.1, 0.15) is 5.56 Å². The van der Waals surface area contributed by atoms with Gasteiger partial charge in [-0.15, -0.1) is 0 Å². The van der Waals surface area contributed by atoms with Crippen molar-refractivity contribution in [3.63, 3.8) is 0 Å². The van der Waals surface area contributed by atoms with Crippen LogP contribution in [0.4, 0.5) is 5.69 Å². The molecule has 0 aliphatic heterocycles. The highest BCUT2D eigenvalue weighted by atomic mass is 16.4. The summed E-state index contributed by atoms with van der Waals surface area (Å²) >= 11 is 0. The van der Waals surface area contributed by atoms with Crippen molar-refractivity contribution in [3.05, 3.63) is 18.0 Å². The van der Waals surface area contributed by atoms with Gasteiger partial charge in [-0.1, -0.05) is 0 Å². The van der Waals surface area contributed by atoms with Gasteiger partial charge >= 0.3 is 5.97 Å². The summed E-state index contributed by atoms with van der Waals surface area (Å²) in [5.41, 5.74) is 3.36. The Labute approximate surface area is 90.9 Å². The monoisotopic (exact) mass is 221 g/mol. The van der Waals surface area contributed by atoms with Crippen LogP contribution in [0.5, 0.6) is 0 Å². The zero-order valence-electron chi connectivity index (χ0n) is 8.64. The largest absolute Gasteiger partial charge is 0.478 e. The number of aromatic nitrogens is 3. The molecule has 2 rings (SSSR count). The van der Waals surface area contributed by atoms with E-state index in [1.54, 1.807) is 10.9 Å². The summed E-state index contributed by atoms with van der Waals surface area (Å²) in [5.74, 6) is 4.25. The minimum atomic E-state index is -1.08. The lowest BCUT2D eigenvalue weighted by Crippen LogP contribution is -2.13. The van der Waals surface area contributed by atoms with Crippen molar-refractivity contribution in [2.75, 3.05) is 5.43 Å². The van der Waals surface area contributed by atoms with Gasteiger partial charge in [-0.05, 0) is 6.92 Å². The Bertz CT molecular complexity index is 548. The van der Waals surface area contributed by atoms with Crippen LogP contribution in [0.3, 0.4) is 0 Å². The number of hydrogen-bond acceptors (Lipinski definition) is 5. The summed E-state index contributed by atoms with van der Waals surface area (Å²) in [4.78, 5) is 15.0. The molecule has 0 amide bonds. The molecule has 0 unspecified atom stereocenters. The highest BCUT2D eigenvalue weighted by Crippen LogP contribution is 2.24. The van der Waals surface area contributed by atoms with Crippen LogP contribution < -0.4 is 11.3 Å². The van der Waals surface area contributed by atoms with E-state index in [0.717, 1.165) is 0 Å². The molecule has 0 spiro atoms. The summed E-state index contributed by atoms with van der Waals surface area (Å²) in [6.45, 7) is 2.59. The number of hydrazine groups is 1. The fourth-order valence-corrected chi connectivity index (χ4v) is 1.58. The first kappa shape index (κ1) is 10.4. The molecule has 0 fully saturated rings. The Morgan fingerprint density at radius 2 is 2.38 bits per heavy atom. The molecule has 2 aromatic rings. The van der Waals surface area contributed by atoms with Crippen molar-refractivity contribution in [1.29, 1.82) is 0 Å². The standard InChI is InChI=1S/C9H11N5O2/c1-2-14-8-5(4-12-14)7(13-10)6(3-11-8)9(15)16/h3-4H,2,10H2,1H3,(H,11,13)(H,15,16). The van der Waals surface area contributed by atoms with Crippen molar-refractivity contribution in [3.8, 4) is 0 Å². The number of fused-ring (bicyclic) bond motifs is 1. The van der Waals surface area contributed by atoms with Crippen LogP contribution in [0.1, 0.15) is 17.3 Å². The van der Waals surface area contributed by atoms with Gasteiger partial charge in [0.2, 0.25) is 0 Å². The third-order valence-corrected chi connectivity index (χ3v) is 2.34. The molecule has 16 heavy (non-hydrogen) atoms. The second-order valence-electron chi connectivity index (χ2n) is 3.19. The van der Waals surface area contributed by atoms with E-state index in [1.807, 2.05) is 6.92 Å². The number of nitrogens with two attached hydrogens (primary N) is 1. The Balaban J connectivity index is 2.76. The second kappa shape index (κ2) is 3.78. The zero-order chi connectivity index (χ0) is 11.7. The van der Waals surface area contributed by atoms with E-state index in [2.05, 4.69) is 15.5 Å². The molecule has 0 saturated carbocycles. The van der Waals surface area contributed by atoms with Crippen LogP contribution in [-0.2, 0) is 6.54 Å². The molecular weight excluding hydrogens is 210 g/mol. The number of aromatic carboxylic acids is 1. The third kappa shape index (κ3) is 1.38. The predicted molar refractivity (Wildman–Crippen MR) is 58.0 cm³/mol. The average molecular weight is 221 g/mol. The first-order valence-electron chi connectivity index (χ1n) is 4.73. The number of nitrogens with one attached hydrogen (secondary N) is 1. The highest BCUT2D eigenvalue weighted by Gasteiger charge is 2.16. The topological polar surface area (TPSA) is 106 Å². The molecule has 0 saturated heterocycles. The molecule has 0 radical (unpaired) electrons. The van der Waals surface area contributed by atoms with E-state index in [9.17, 15) is 4.79 Å². The number of rotatable bonds is 3. The van der Waals surface area contributed by atoms with Crippen LogP contribution in [0, 0.1) is 0 Å². The number of anilines is 1. The van der Waals surface area contributed by atoms with Crippen LogP contribution >= 0.6 is 0 Å². The summed E-state index contributed by atoms with van der Waals surface area (Å²) in [6.07, 6.45) is 2.82. The van der Waals surface area contributed by atoms with Crippen molar-refractivity contribution in [1.82, 2.24) is 14.8 Å². The number of carbonyl (C=O) groups is 1. The minimum Gasteiger partial charge on any atom is -0.478 e. The van der Waals surface area contributed by atoms with Gasteiger partial charge in [-0.25, -0.2) is 14.5 Å². The fourth-order valence-electron chi connectivity index (χ4n) is 1.58. The van der Waals surface area contributed by atoms with Gasteiger partial charge in [0.05, 0.1) is 17.3 Å². The van der Waals surface area contributed by atoms with Gasteiger partial charge in [0.15, 0.2) is 5.65 Å². The third-order valence-electron chi connectivity index (χ3n) is 2.34. The molecule has 84 valence electrons. The Morgan fingerprint density at radius 1 is 1.62 bits per heavy atom. The number of nitrogen functional groups attached to an aromatic ring is 1. The SMILES string of the molecule is CCn1ncc2c(NN)c(C(=O)O)cnc21. The van der Waals surface area contributed by atoms with Gasteiger partial charge in [-0.2, -0.15) is 5.10 Å². The zero-order valence-corrected chi connectivity index (χ0v) is 8.64. The number of hydrogen-bond donors (Lipinski definition) is 3. The quantitative estimate of drug-likeness (QED) is 0.512. The van der Waals surface area contributed by atoms with E-state index in [4.69, 9.17) is 10.9 Å². The van der Waals surface area contributed by atoms with Crippen molar-refractivity contribution in [2.24, 2.45) is 5.84 Å². The van der Waals surface area contributed by atoms with Crippen molar-refractivity contribution in [2.45, 2.75) is 13.5 Å². The molecule has 2 aromatic heterocycles. The second-order valence-corrected chi connectivity index (χ2v) is 3.19. The number of pyridine rings is 1. The maximum atomic E-state index is 10.9. The van der Waals surface area contributed by atoms with Gasteiger partial charge in [0.25, 0.3) is 0 Å². The number of aryl methyl sites for hydroxylation is 1. The molecule has 0 aromatic carbocycles. The Morgan fingerprint density at radius 3 is 2.94 bits per heavy atom. The molecule has 0 aliphatic rings. The Kier molecular flexibility index (Phi) is 2.45. The molecule has 7 nitrogen and oxygen atoms in total.